The lowest BCUT2D eigenvalue weighted by Crippen LogP contribution is -2.05. The van der Waals surface area contributed by atoms with Crippen molar-refractivity contribution in [2.75, 3.05) is 6.61 Å². The van der Waals surface area contributed by atoms with Crippen molar-refractivity contribution in [3.05, 3.63) is 34.6 Å². The minimum Gasteiger partial charge on any atom is -0.478 e. The molecule has 0 amide bonds. The van der Waals surface area contributed by atoms with E-state index in [1.807, 2.05) is 13.0 Å². The number of benzene rings is 1. The van der Waals surface area contributed by atoms with Gasteiger partial charge in [0.05, 0.1) is 11.1 Å². The molecule has 1 unspecified atom stereocenters. The van der Waals surface area contributed by atoms with Crippen LogP contribution < -0.4 is 0 Å². The highest BCUT2D eigenvalue weighted by Gasteiger charge is 2.26. The number of hydrogen-bond acceptors (Lipinski definition) is 5. The van der Waals surface area contributed by atoms with Gasteiger partial charge in [-0.3, -0.25) is 0 Å². The van der Waals surface area contributed by atoms with Gasteiger partial charge in [0.25, 0.3) is 5.89 Å². The van der Waals surface area contributed by atoms with Crippen molar-refractivity contribution >= 4 is 5.97 Å². The maximum Gasteiger partial charge on any atom is 0.336 e. The van der Waals surface area contributed by atoms with E-state index in [9.17, 15) is 9.90 Å². The Labute approximate surface area is 121 Å². The summed E-state index contributed by atoms with van der Waals surface area (Å²) >= 11 is 0. The Kier molecular flexibility index (Phi) is 3.47. The molecule has 21 heavy (non-hydrogen) atoms. The molecule has 110 valence electrons. The van der Waals surface area contributed by atoms with Crippen molar-refractivity contribution < 1.29 is 19.2 Å². The van der Waals surface area contributed by atoms with Crippen molar-refractivity contribution in [2.45, 2.75) is 32.8 Å². The Balaban J connectivity index is 2.08. The largest absolute Gasteiger partial charge is 0.478 e. The minimum atomic E-state index is -0.997. The second-order valence-corrected chi connectivity index (χ2v) is 5.21. The first kappa shape index (κ1) is 13.8. The number of aromatic nitrogens is 2. The second-order valence-electron chi connectivity index (χ2n) is 5.21. The summed E-state index contributed by atoms with van der Waals surface area (Å²) in [5.41, 5.74) is 2.15. The van der Waals surface area contributed by atoms with Gasteiger partial charge in [-0.05, 0) is 37.8 Å². The van der Waals surface area contributed by atoms with Crippen LogP contribution in [0, 0.1) is 13.8 Å². The maximum atomic E-state index is 11.5. The van der Waals surface area contributed by atoms with Gasteiger partial charge < -0.3 is 14.4 Å². The van der Waals surface area contributed by atoms with Crippen LogP contribution in [0.1, 0.15) is 46.3 Å². The summed E-state index contributed by atoms with van der Waals surface area (Å²) in [7, 11) is 0. The van der Waals surface area contributed by atoms with Gasteiger partial charge in [0.2, 0.25) is 5.82 Å². The number of carbonyl (C=O) groups is 1. The minimum absolute atomic E-state index is 0.152. The molecular weight excluding hydrogens is 272 g/mol. The standard InChI is InChI=1S/C15H16N2O4/c1-8-5-6-9(2)12(15(18)19)11(8)14-16-13(17-21-14)10-4-3-7-20-10/h5-6,10H,3-4,7H2,1-2H3,(H,18,19). The van der Waals surface area contributed by atoms with Crippen LogP contribution in [0.2, 0.25) is 0 Å². The van der Waals surface area contributed by atoms with E-state index in [1.54, 1.807) is 13.0 Å². The lowest BCUT2D eigenvalue weighted by molar-refractivity contribution is 0.0696. The molecule has 1 atom stereocenters. The smallest absolute Gasteiger partial charge is 0.336 e. The first-order valence-electron chi connectivity index (χ1n) is 6.87. The number of carboxylic acids is 1. The fourth-order valence-corrected chi connectivity index (χ4v) is 2.61. The normalized spacial score (nSPS) is 18.1. The molecule has 3 rings (SSSR count). The summed E-state index contributed by atoms with van der Waals surface area (Å²) in [6.45, 7) is 4.28. The first-order chi connectivity index (χ1) is 10.1. The van der Waals surface area contributed by atoms with Crippen LogP contribution in [-0.2, 0) is 4.74 Å². The average Bonchev–Trinajstić information content (AvgIpc) is 3.10. The second kappa shape index (κ2) is 5.29. The van der Waals surface area contributed by atoms with E-state index < -0.39 is 5.97 Å². The molecule has 0 aliphatic carbocycles. The number of rotatable bonds is 3. The lowest BCUT2D eigenvalue weighted by atomic mass is 9.97. The van der Waals surface area contributed by atoms with Gasteiger partial charge in [-0.15, -0.1) is 0 Å². The molecule has 0 bridgehead atoms. The summed E-state index contributed by atoms with van der Waals surface area (Å²) in [5, 5.41) is 13.4. The maximum absolute atomic E-state index is 11.5. The molecule has 1 saturated heterocycles. The molecular formula is C15H16N2O4. The highest BCUT2D eigenvalue weighted by molar-refractivity contribution is 5.97. The Morgan fingerprint density at radius 3 is 2.76 bits per heavy atom. The van der Waals surface area contributed by atoms with Gasteiger partial charge in [-0.2, -0.15) is 4.98 Å². The van der Waals surface area contributed by atoms with Crippen LogP contribution in [0.15, 0.2) is 16.7 Å². The van der Waals surface area contributed by atoms with E-state index >= 15 is 0 Å². The zero-order valence-electron chi connectivity index (χ0n) is 11.9. The van der Waals surface area contributed by atoms with E-state index in [0.717, 1.165) is 18.4 Å². The summed E-state index contributed by atoms with van der Waals surface area (Å²) < 4.78 is 10.8. The van der Waals surface area contributed by atoms with Crippen molar-refractivity contribution in [1.29, 1.82) is 0 Å². The SMILES string of the molecule is Cc1ccc(C)c(-c2nc(C3CCCO3)no2)c1C(=O)O. The molecule has 6 heteroatoms. The predicted octanol–water partition coefficient (Wildman–Crippen LogP) is 2.90. The van der Waals surface area contributed by atoms with E-state index in [1.165, 1.54) is 0 Å². The highest BCUT2D eigenvalue weighted by Crippen LogP contribution is 2.32. The number of carboxylic acid groups (broad SMARTS) is 1. The zero-order valence-corrected chi connectivity index (χ0v) is 11.9. The number of ether oxygens (including phenoxy) is 1. The van der Waals surface area contributed by atoms with E-state index in [4.69, 9.17) is 9.26 Å². The zero-order chi connectivity index (χ0) is 15.0. The van der Waals surface area contributed by atoms with Crippen molar-refractivity contribution in [3.8, 4) is 11.5 Å². The third-order valence-corrected chi connectivity index (χ3v) is 3.71. The van der Waals surface area contributed by atoms with Crippen molar-refractivity contribution in [1.82, 2.24) is 10.1 Å². The molecule has 6 nitrogen and oxygen atoms in total. The van der Waals surface area contributed by atoms with Crippen molar-refractivity contribution in [3.63, 3.8) is 0 Å². The van der Waals surface area contributed by atoms with Crippen LogP contribution in [0.5, 0.6) is 0 Å². The first-order valence-corrected chi connectivity index (χ1v) is 6.87. The molecule has 1 fully saturated rings. The van der Waals surface area contributed by atoms with Gasteiger partial charge in [0.15, 0.2) is 0 Å². The van der Waals surface area contributed by atoms with Crippen LogP contribution in [-0.4, -0.2) is 27.8 Å². The van der Waals surface area contributed by atoms with E-state index in [-0.39, 0.29) is 17.6 Å². The van der Waals surface area contributed by atoms with Crippen LogP contribution in [0.4, 0.5) is 0 Å². The van der Waals surface area contributed by atoms with Gasteiger partial charge in [-0.25, -0.2) is 4.79 Å². The van der Waals surface area contributed by atoms with E-state index in [2.05, 4.69) is 10.1 Å². The van der Waals surface area contributed by atoms with Crippen LogP contribution in [0.25, 0.3) is 11.5 Å². The van der Waals surface area contributed by atoms with Crippen molar-refractivity contribution in [2.24, 2.45) is 0 Å². The molecule has 0 spiro atoms. The quantitative estimate of drug-likeness (QED) is 0.934. The van der Waals surface area contributed by atoms with E-state index in [0.29, 0.717) is 23.6 Å². The Morgan fingerprint density at radius 1 is 1.33 bits per heavy atom. The Bertz CT molecular complexity index is 687. The molecule has 1 aromatic carbocycles. The third kappa shape index (κ3) is 2.42. The molecule has 1 N–H and O–H groups in total. The topological polar surface area (TPSA) is 85.5 Å². The molecule has 1 aromatic heterocycles. The summed E-state index contributed by atoms with van der Waals surface area (Å²) in [4.78, 5) is 15.9. The number of hydrogen-bond donors (Lipinski definition) is 1. The number of aryl methyl sites for hydroxylation is 2. The average molecular weight is 288 g/mol. The number of nitrogens with zero attached hydrogens (tertiary/aromatic N) is 2. The predicted molar refractivity (Wildman–Crippen MR) is 74.1 cm³/mol. The number of aromatic carboxylic acids is 1. The molecule has 2 aromatic rings. The van der Waals surface area contributed by atoms with Gasteiger partial charge in [0.1, 0.15) is 6.10 Å². The van der Waals surface area contributed by atoms with Gasteiger partial charge in [0, 0.05) is 6.61 Å². The fraction of sp³-hybridized carbons (Fsp3) is 0.400. The lowest BCUT2D eigenvalue weighted by Gasteiger charge is -2.08. The molecule has 0 saturated carbocycles. The summed E-state index contributed by atoms with van der Waals surface area (Å²) in [5.74, 6) is -0.276. The fourth-order valence-electron chi connectivity index (χ4n) is 2.61. The Hall–Kier alpha value is -2.21. The molecule has 1 aliphatic rings. The molecule has 1 aliphatic heterocycles. The summed E-state index contributed by atoms with van der Waals surface area (Å²) in [6, 6.07) is 3.63. The Morgan fingerprint density at radius 2 is 2.10 bits per heavy atom. The summed E-state index contributed by atoms with van der Waals surface area (Å²) in [6.07, 6.45) is 1.68. The van der Waals surface area contributed by atoms with Crippen LogP contribution >= 0.6 is 0 Å². The third-order valence-electron chi connectivity index (χ3n) is 3.71. The highest BCUT2D eigenvalue weighted by atomic mass is 16.5. The molecule has 2 heterocycles. The van der Waals surface area contributed by atoms with Gasteiger partial charge in [-0.1, -0.05) is 17.3 Å². The van der Waals surface area contributed by atoms with Crippen LogP contribution in [0.3, 0.4) is 0 Å². The van der Waals surface area contributed by atoms with Gasteiger partial charge >= 0.3 is 5.97 Å². The monoisotopic (exact) mass is 288 g/mol. The molecule has 0 radical (unpaired) electrons.